The van der Waals surface area contributed by atoms with Gasteiger partial charge in [-0.05, 0) is 46.5 Å². The smallest absolute Gasteiger partial charge is 0.410 e. The monoisotopic (exact) mass is 314 g/mol. The van der Waals surface area contributed by atoms with Gasteiger partial charge < -0.3 is 20.1 Å². The molecule has 0 aromatic rings. The van der Waals surface area contributed by atoms with Gasteiger partial charge in [0.05, 0.1) is 5.60 Å². The molecule has 1 rings (SSSR count). The second-order valence-electron chi connectivity index (χ2n) is 7.79. The molecule has 5 nitrogen and oxygen atoms in total. The summed E-state index contributed by atoms with van der Waals surface area (Å²) in [5.74, 6) is 0.266. The van der Waals surface area contributed by atoms with E-state index in [1.54, 1.807) is 4.90 Å². The molecule has 22 heavy (non-hydrogen) atoms. The molecule has 0 spiro atoms. The van der Waals surface area contributed by atoms with Gasteiger partial charge in [0.2, 0.25) is 0 Å². The van der Waals surface area contributed by atoms with Crippen molar-refractivity contribution in [3.05, 3.63) is 0 Å². The Labute approximate surface area is 135 Å². The molecule has 0 aromatic heterocycles. The maximum absolute atomic E-state index is 12.0. The number of hydrogen-bond acceptors (Lipinski definition) is 4. The number of piperidine rings is 1. The van der Waals surface area contributed by atoms with Crippen LogP contribution in [0.4, 0.5) is 4.79 Å². The molecule has 0 saturated carbocycles. The quantitative estimate of drug-likeness (QED) is 0.819. The summed E-state index contributed by atoms with van der Waals surface area (Å²) < 4.78 is 5.40. The minimum Gasteiger partial charge on any atom is -0.444 e. The lowest BCUT2D eigenvalue weighted by atomic mass is 9.88. The van der Waals surface area contributed by atoms with Crippen LogP contribution in [-0.2, 0) is 4.74 Å². The number of nitrogens with zero attached hydrogens (tertiary/aromatic N) is 1. The molecule has 1 amide bonds. The van der Waals surface area contributed by atoms with E-state index in [1.807, 2.05) is 27.7 Å². The molecule has 2 unspecified atom stereocenters. The van der Waals surface area contributed by atoms with Gasteiger partial charge in [-0.15, -0.1) is 0 Å². The van der Waals surface area contributed by atoms with Crippen molar-refractivity contribution in [2.24, 2.45) is 5.92 Å². The summed E-state index contributed by atoms with van der Waals surface area (Å²) >= 11 is 0. The third-order valence-corrected chi connectivity index (χ3v) is 4.57. The van der Waals surface area contributed by atoms with Crippen LogP contribution in [0, 0.1) is 5.92 Å². The fourth-order valence-electron chi connectivity index (χ4n) is 2.56. The lowest BCUT2D eigenvalue weighted by Crippen LogP contribution is -2.51. The lowest BCUT2D eigenvalue weighted by Gasteiger charge is -2.36. The van der Waals surface area contributed by atoms with E-state index in [2.05, 4.69) is 19.2 Å². The standard InChI is InChI=1S/C17H34N2O3/c1-7-13(2)17(6,21)12-18-14-8-10-19(11-9-14)15(20)22-16(3,4)5/h13-14,18,21H,7-12H2,1-6H3. The van der Waals surface area contributed by atoms with Crippen molar-refractivity contribution in [3.8, 4) is 0 Å². The van der Waals surface area contributed by atoms with Crippen LogP contribution in [0.15, 0.2) is 0 Å². The highest BCUT2D eigenvalue weighted by Gasteiger charge is 2.30. The first-order chi connectivity index (χ1) is 10.0. The summed E-state index contributed by atoms with van der Waals surface area (Å²) in [4.78, 5) is 13.8. The molecule has 1 saturated heterocycles. The predicted octanol–water partition coefficient (Wildman–Crippen LogP) is 2.77. The van der Waals surface area contributed by atoms with Crippen LogP contribution in [0.1, 0.15) is 60.8 Å². The molecule has 1 aliphatic heterocycles. The zero-order chi connectivity index (χ0) is 17.0. The Morgan fingerprint density at radius 3 is 2.32 bits per heavy atom. The second-order valence-corrected chi connectivity index (χ2v) is 7.79. The molecular formula is C17H34N2O3. The summed E-state index contributed by atoms with van der Waals surface area (Å²) in [7, 11) is 0. The van der Waals surface area contributed by atoms with Crippen molar-refractivity contribution in [2.45, 2.75) is 78.0 Å². The Kier molecular flexibility index (Phi) is 6.68. The van der Waals surface area contributed by atoms with E-state index in [0.29, 0.717) is 25.7 Å². The number of aliphatic hydroxyl groups is 1. The molecule has 1 fully saturated rings. The van der Waals surface area contributed by atoms with E-state index in [1.165, 1.54) is 0 Å². The maximum atomic E-state index is 12.0. The van der Waals surface area contributed by atoms with Gasteiger partial charge in [0.1, 0.15) is 5.60 Å². The van der Waals surface area contributed by atoms with Gasteiger partial charge in [0.15, 0.2) is 0 Å². The number of ether oxygens (including phenoxy) is 1. The molecule has 2 atom stereocenters. The van der Waals surface area contributed by atoms with E-state index < -0.39 is 11.2 Å². The second kappa shape index (κ2) is 7.64. The molecule has 2 N–H and O–H groups in total. The van der Waals surface area contributed by atoms with Crippen LogP contribution in [0.2, 0.25) is 0 Å². The van der Waals surface area contributed by atoms with Crippen LogP contribution in [-0.4, -0.2) is 53.0 Å². The molecule has 0 bridgehead atoms. The third-order valence-electron chi connectivity index (χ3n) is 4.57. The normalized spacial score (nSPS) is 21.3. The average Bonchev–Trinajstić information content (AvgIpc) is 2.43. The highest BCUT2D eigenvalue weighted by Crippen LogP contribution is 2.20. The van der Waals surface area contributed by atoms with Crippen molar-refractivity contribution < 1.29 is 14.6 Å². The molecule has 1 aliphatic rings. The molecule has 0 radical (unpaired) electrons. The minimum absolute atomic E-state index is 0.224. The summed E-state index contributed by atoms with van der Waals surface area (Å²) in [5.41, 5.74) is -1.13. The largest absolute Gasteiger partial charge is 0.444 e. The number of nitrogens with one attached hydrogen (secondary N) is 1. The van der Waals surface area contributed by atoms with E-state index >= 15 is 0 Å². The first-order valence-electron chi connectivity index (χ1n) is 8.49. The Bertz CT molecular complexity index is 355. The van der Waals surface area contributed by atoms with E-state index in [0.717, 1.165) is 19.3 Å². The number of carbonyl (C=O) groups excluding carboxylic acids is 1. The number of hydrogen-bond donors (Lipinski definition) is 2. The zero-order valence-corrected chi connectivity index (χ0v) is 15.1. The van der Waals surface area contributed by atoms with Crippen molar-refractivity contribution in [1.82, 2.24) is 10.2 Å². The van der Waals surface area contributed by atoms with Crippen molar-refractivity contribution >= 4 is 6.09 Å². The van der Waals surface area contributed by atoms with Gasteiger partial charge >= 0.3 is 6.09 Å². The SMILES string of the molecule is CCC(C)C(C)(O)CNC1CCN(C(=O)OC(C)(C)C)CC1. The van der Waals surface area contributed by atoms with Gasteiger partial charge in [-0.25, -0.2) is 4.79 Å². The highest BCUT2D eigenvalue weighted by molar-refractivity contribution is 5.68. The first-order valence-corrected chi connectivity index (χ1v) is 8.49. The highest BCUT2D eigenvalue weighted by atomic mass is 16.6. The molecule has 0 aromatic carbocycles. The molecule has 130 valence electrons. The summed E-state index contributed by atoms with van der Waals surface area (Å²) in [6, 6.07) is 0.356. The maximum Gasteiger partial charge on any atom is 0.410 e. The number of likely N-dealkylation sites (tertiary alicyclic amines) is 1. The molecule has 1 heterocycles. The fourth-order valence-corrected chi connectivity index (χ4v) is 2.56. The molecule has 0 aliphatic carbocycles. The summed E-state index contributed by atoms with van der Waals surface area (Å²) in [5, 5.41) is 13.9. The number of amides is 1. The van der Waals surface area contributed by atoms with Gasteiger partial charge in [0.25, 0.3) is 0 Å². The van der Waals surface area contributed by atoms with Crippen LogP contribution >= 0.6 is 0 Å². The Hall–Kier alpha value is -0.810. The number of rotatable bonds is 5. The predicted molar refractivity (Wildman–Crippen MR) is 88.9 cm³/mol. The zero-order valence-electron chi connectivity index (χ0n) is 15.1. The Balaban J connectivity index is 2.35. The Morgan fingerprint density at radius 1 is 1.32 bits per heavy atom. The minimum atomic E-state index is -0.683. The van der Waals surface area contributed by atoms with Gasteiger partial charge in [0, 0.05) is 25.7 Å². The van der Waals surface area contributed by atoms with Gasteiger partial charge in [-0.3, -0.25) is 0 Å². The fraction of sp³-hybridized carbons (Fsp3) is 0.941. The topological polar surface area (TPSA) is 61.8 Å². The summed E-state index contributed by atoms with van der Waals surface area (Å²) in [6.45, 7) is 13.7. The molecule has 5 heteroatoms. The van der Waals surface area contributed by atoms with Crippen molar-refractivity contribution in [2.75, 3.05) is 19.6 Å². The van der Waals surface area contributed by atoms with Gasteiger partial charge in [-0.1, -0.05) is 20.3 Å². The van der Waals surface area contributed by atoms with Gasteiger partial charge in [-0.2, -0.15) is 0 Å². The molecular weight excluding hydrogens is 280 g/mol. The lowest BCUT2D eigenvalue weighted by molar-refractivity contribution is -0.00115. The Morgan fingerprint density at radius 2 is 1.86 bits per heavy atom. The van der Waals surface area contributed by atoms with Crippen LogP contribution < -0.4 is 5.32 Å². The van der Waals surface area contributed by atoms with E-state index in [4.69, 9.17) is 4.74 Å². The number of carbonyl (C=O) groups is 1. The van der Waals surface area contributed by atoms with Crippen molar-refractivity contribution in [1.29, 1.82) is 0 Å². The third kappa shape index (κ3) is 6.13. The van der Waals surface area contributed by atoms with E-state index in [-0.39, 0.29) is 12.0 Å². The average molecular weight is 314 g/mol. The van der Waals surface area contributed by atoms with Crippen LogP contribution in [0.25, 0.3) is 0 Å². The van der Waals surface area contributed by atoms with Crippen molar-refractivity contribution in [3.63, 3.8) is 0 Å². The first kappa shape index (κ1) is 19.2. The van der Waals surface area contributed by atoms with E-state index in [9.17, 15) is 9.90 Å². The van der Waals surface area contributed by atoms with Crippen LogP contribution in [0.5, 0.6) is 0 Å². The van der Waals surface area contributed by atoms with Crippen LogP contribution in [0.3, 0.4) is 0 Å². The summed E-state index contributed by atoms with van der Waals surface area (Å²) in [6.07, 6.45) is 2.54.